The van der Waals surface area contributed by atoms with E-state index in [4.69, 9.17) is 4.99 Å². The Kier molecular flexibility index (Phi) is 7.10. The van der Waals surface area contributed by atoms with Crippen molar-refractivity contribution >= 4 is 23.1 Å². The molecule has 2 N–H and O–H groups in total. The van der Waals surface area contributed by atoms with Crippen LogP contribution < -0.4 is 10.6 Å². The van der Waals surface area contributed by atoms with Crippen molar-refractivity contribution < 1.29 is 9.59 Å². The van der Waals surface area contributed by atoms with Gasteiger partial charge in [-0.2, -0.15) is 0 Å². The maximum atomic E-state index is 13.3. The molecule has 33 heavy (non-hydrogen) atoms. The van der Waals surface area contributed by atoms with Gasteiger partial charge in [0.2, 0.25) is 5.91 Å². The van der Waals surface area contributed by atoms with Gasteiger partial charge in [0, 0.05) is 24.6 Å². The van der Waals surface area contributed by atoms with Crippen molar-refractivity contribution in [2.24, 2.45) is 4.99 Å². The van der Waals surface area contributed by atoms with Gasteiger partial charge in [0.15, 0.2) is 0 Å². The summed E-state index contributed by atoms with van der Waals surface area (Å²) in [6, 6.07) is 27.4. The van der Waals surface area contributed by atoms with E-state index in [9.17, 15) is 9.59 Å². The summed E-state index contributed by atoms with van der Waals surface area (Å²) in [5.41, 5.74) is 5.55. The molecular formula is C28H27N3O2. The summed E-state index contributed by atoms with van der Waals surface area (Å²) in [7, 11) is 0. The largest absolute Gasteiger partial charge is 0.354 e. The zero-order chi connectivity index (χ0) is 23.0. The molecule has 2 amide bonds. The molecule has 5 heteroatoms. The van der Waals surface area contributed by atoms with Crippen LogP contribution in [0.15, 0.2) is 96.0 Å². The fourth-order valence-electron chi connectivity index (χ4n) is 3.92. The Bertz CT molecular complexity index is 1180. The average Bonchev–Trinajstić information content (AvgIpc) is 3.34. The van der Waals surface area contributed by atoms with E-state index in [1.807, 2.05) is 72.8 Å². The van der Waals surface area contributed by atoms with Crippen LogP contribution in [0.2, 0.25) is 0 Å². The molecule has 3 aromatic rings. The molecule has 0 spiro atoms. The number of benzene rings is 3. The van der Waals surface area contributed by atoms with Gasteiger partial charge >= 0.3 is 0 Å². The lowest BCUT2D eigenvalue weighted by Crippen LogP contribution is -2.44. The third-order valence-electron chi connectivity index (χ3n) is 5.58. The van der Waals surface area contributed by atoms with Crippen molar-refractivity contribution in [3.63, 3.8) is 0 Å². The molecule has 1 aliphatic rings. The molecule has 1 heterocycles. The summed E-state index contributed by atoms with van der Waals surface area (Å²) in [5, 5.41) is 5.94. The first kappa shape index (κ1) is 22.2. The first-order chi connectivity index (χ1) is 16.1. The fraction of sp³-hybridized carbons (Fsp3) is 0.179. The molecule has 0 aromatic heterocycles. The van der Waals surface area contributed by atoms with Crippen molar-refractivity contribution in [1.29, 1.82) is 0 Å². The van der Waals surface area contributed by atoms with Gasteiger partial charge in [-0.25, -0.2) is 0 Å². The number of nitrogens with zero attached hydrogens (tertiary/aromatic N) is 1. The molecule has 4 rings (SSSR count). The Morgan fingerprint density at radius 1 is 0.909 bits per heavy atom. The van der Waals surface area contributed by atoms with Gasteiger partial charge in [-0.3, -0.25) is 14.6 Å². The smallest absolute Gasteiger partial charge is 0.252 e. The second-order valence-corrected chi connectivity index (χ2v) is 8.08. The summed E-state index contributed by atoms with van der Waals surface area (Å²) in [4.78, 5) is 29.5. The minimum absolute atomic E-state index is 0.124. The molecule has 1 atom stereocenters. The lowest BCUT2D eigenvalue weighted by molar-refractivity contribution is -0.119. The maximum Gasteiger partial charge on any atom is 0.252 e. The van der Waals surface area contributed by atoms with E-state index < -0.39 is 0 Å². The van der Waals surface area contributed by atoms with Gasteiger partial charge < -0.3 is 10.6 Å². The lowest BCUT2D eigenvalue weighted by atomic mass is 9.99. The maximum absolute atomic E-state index is 13.3. The fourth-order valence-corrected chi connectivity index (χ4v) is 3.92. The van der Waals surface area contributed by atoms with Gasteiger partial charge in [-0.05, 0) is 35.3 Å². The van der Waals surface area contributed by atoms with Crippen LogP contribution in [0.25, 0.3) is 5.57 Å². The highest BCUT2D eigenvalue weighted by molar-refractivity contribution is 6.19. The van der Waals surface area contributed by atoms with Crippen molar-refractivity contribution in [1.82, 2.24) is 10.6 Å². The number of carbonyl (C=O) groups excluding carboxylic acids is 2. The summed E-state index contributed by atoms with van der Waals surface area (Å²) < 4.78 is 0. The molecule has 0 saturated carbocycles. The molecule has 0 bridgehead atoms. The monoisotopic (exact) mass is 437 g/mol. The summed E-state index contributed by atoms with van der Waals surface area (Å²) in [6.07, 6.45) is 2.67. The van der Waals surface area contributed by atoms with Crippen molar-refractivity contribution in [2.45, 2.75) is 19.4 Å². The number of allylic oxidation sites excluding steroid dienone is 1. The summed E-state index contributed by atoms with van der Waals surface area (Å²) in [6.45, 7) is 2.43. The minimum Gasteiger partial charge on any atom is -0.354 e. The zero-order valence-corrected chi connectivity index (χ0v) is 18.6. The van der Waals surface area contributed by atoms with Gasteiger partial charge in [0.05, 0.1) is 18.3 Å². The zero-order valence-electron chi connectivity index (χ0n) is 18.6. The lowest BCUT2D eigenvalue weighted by Gasteiger charge is -2.20. The molecule has 5 nitrogen and oxygen atoms in total. The predicted molar refractivity (Wildman–Crippen MR) is 132 cm³/mol. The van der Waals surface area contributed by atoms with Gasteiger partial charge in [-0.15, -0.1) is 0 Å². The van der Waals surface area contributed by atoms with Crippen LogP contribution in [0.3, 0.4) is 0 Å². The van der Waals surface area contributed by atoms with Crippen LogP contribution >= 0.6 is 0 Å². The highest BCUT2D eigenvalue weighted by Gasteiger charge is 2.20. The van der Waals surface area contributed by atoms with Crippen LogP contribution in [-0.2, 0) is 11.2 Å². The van der Waals surface area contributed by atoms with Crippen LogP contribution in [0.1, 0.15) is 34.0 Å². The molecule has 0 unspecified atom stereocenters. The third kappa shape index (κ3) is 5.83. The highest BCUT2D eigenvalue weighted by atomic mass is 16.2. The average molecular weight is 438 g/mol. The number of hydrogen-bond donors (Lipinski definition) is 2. The summed E-state index contributed by atoms with van der Waals surface area (Å²) >= 11 is 0. The number of amides is 2. The third-order valence-corrected chi connectivity index (χ3v) is 5.58. The van der Waals surface area contributed by atoms with Crippen LogP contribution in [0.4, 0.5) is 0 Å². The molecule has 0 aliphatic carbocycles. The quantitative estimate of drug-likeness (QED) is 0.558. The van der Waals surface area contributed by atoms with E-state index in [-0.39, 0.29) is 17.9 Å². The summed E-state index contributed by atoms with van der Waals surface area (Å²) in [5.74, 6) is -0.303. The van der Waals surface area contributed by atoms with E-state index >= 15 is 0 Å². The standard InChI is InChI=1S/C28H27N3O2/c1-20(32)29-19-24(16-21-10-4-2-5-11-21)31-28(33)26-15-9-8-14-25(26)27-17-23(18-30-27)22-12-6-3-7-13-22/h2-15,17,24H,16,18-19H2,1H3,(H,29,32)(H,31,33)/t24-/m0/s1. The SMILES string of the molecule is CC(=O)NC[C@H](Cc1ccccc1)NC(=O)c1ccccc1C1=NCC(c2ccccc2)=C1. The topological polar surface area (TPSA) is 70.6 Å². The van der Waals surface area contributed by atoms with Crippen LogP contribution in [0.5, 0.6) is 0 Å². The first-order valence-electron chi connectivity index (χ1n) is 11.1. The van der Waals surface area contributed by atoms with Crippen molar-refractivity contribution in [2.75, 3.05) is 13.1 Å². The number of hydrogen-bond acceptors (Lipinski definition) is 3. The van der Waals surface area contributed by atoms with Crippen LogP contribution in [-0.4, -0.2) is 36.7 Å². The Hall–Kier alpha value is -3.99. The van der Waals surface area contributed by atoms with Gasteiger partial charge in [0.25, 0.3) is 5.91 Å². The van der Waals surface area contributed by atoms with E-state index in [0.717, 1.165) is 28.0 Å². The Morgan fingerprint density at radius 2 is 1.58 bits per heavy atom. The molecule has 0 radical (unpaired) electrons. The van der Waals surface area contributed by atoms with E-state index in [2.05, 4.69) is 28.8 Å². The molecule has 0 fully saturated rings. The predicted octanol–water partition coefficient (Wildman–Crippen LogP) is 4.05. The van der Waals surface area contributed by atoms with Crippen LogP contribution in [0, 0.1) is 0 Å². The minimum atomic E-state index is -0.238. The second kappa shape index (κ2) is 10.6. The molecule has 3 aromatic carbocycles. The van der Waals surface area contributed by atoms with Crippen molar-refractivity contribution in [3.05, 3.63) is 113 Å². The van der Waals surface area contributed by atoms with E-state index in [1.165, 1.54) is 6.92 Å². The number of nitrogens with one attached hydrogen (secondary N) is 2. The number of aliphatic imine (C=N–C) groups is 1. The van der Waals surface area contributed by atoms with Gasteiger partial charge in [0.1, 0.15) is 0 Å². The second-order valence-electron chi connectivity index (χ2n) is 8.08. The number of carbonyl (C=O) groups is 2. The Balaban J connectivity index is 1.54. The van der Waals surface area contributed by atoms with Gasteiger partial charge in [-0.1, -0.05) is 78.9 Å². The normalized spacial score (nSPS) is 13.6. The highest BCUT2D eigenvalue weighted by Crippen LogP contribution is 2.23. The Labute approximate surface area is 194 Å². The van der Waals surface area contributed by atoms with E-state index in [1.54, 1.807) is 0 Å². The Morgan fingerprint density at radius 3 is 2.30 bits per heavy atom. The molecular weight excluding hydrogens is 410 g/mol. The molecule has 1 aliphatic heterocycles. The van der Waals surface area contributed by atoms with Crippen molar-refractivity contribution in [3.8, 4) is 0 Å². The first-order valence-corrected chi connectivity index (χ1v) is 11.1. The number of rotatable bonds is 8. The molecule has 166 valence electrons. The molecule has 0 saturated heterocycles. The van der Waals surface area contributed by atoms with E-state index in [0.29, 0.717) is 25.1 Å².